The van der Waals surface area contributed by atoms with Crippen LogP contribution in [0.4, 0.5) is 0 Å². The maximum absolute atomic E-state index is 12.3. The highest BCUT2D eigenvalue weighted by Crippen LogP contribution is 2.09. The lowest BCUT2D eigenvalue weighted by Crippen LogP contribution is -2.43. The zero-order chi connectivity index (χ0) is 13.7. The van der Waals surface area contributed by atoms with Gasteiger partial charge in [-0.1, -0.05) is 27.7 Å². The van der Waals surface area contributed by atoms with Gasteiger partial charge in [0.05, 0.1) is 6.54 Å². The van der Waals surface area contributed by atoms with Gasteiger partial charge in [0.1, 0.15) is 0 Å². The number of carbonyl (C=O) groups is 1. The van der Waals surface area contributed by atoms with Crippen molar-refractivity contribution in [2.24, 2.45) is 17.6 Å². The number of amides is 1. The minimum Gasteiger partial charge on any atom is -0.341 e. The van der Waals surface area contributed by atoms with Crippen LogP contribution in [-0.4, -0.2) is 54.5 Å². The molecule has 0 aromatic heterocycles. The summed E-state index contributed by atoms with van der Waals surface area (Å²) in [5.74, 6) is 1.30. The minimum atomic E-state index is 0. The number of hydrogen-bond donors (Lipinski definition) is 1. The van der Waals surface area contributed by atoms with Gasteiger partial charge in [0.15, 0.2) is 0 Å². The highest BCUT2D eigenvalue weighted by Gasteiger charge is 2.24. The van der Waals surface area contributed by atoms with Crippen molar-refractivity contribution < 1.29 is 4.79 Å². The Morgan fingerprint density at radius 1 is 1.26 bits per heavy atom. The molecule has 1 atom stereocenters. The first kappa shape index (κ1) is 18.7. The van der Waals surface area contributed by atoms with Crippen molar-refractivity contribution >= 4 is 18.3 Å². The van der Waals surface area contributed by atoms with Gasteiger partial charge in [0, 0.05) is 32.2 Å². The Bertz CT molecular complexity index is 261. The topological polar surface area (TPSA) is 49.6 Å². The van der Waals surface area contributed by atoms with Crippen LogP contribution in [0.15, 0.2) is 0 Å². The number of carbonyl (C=O) groups excluding carboxylic acids is 1. The molecule has 0 spiro atoms. The summed E-state index contributed by atoms with van der Waals surface area (Å²) in [6.07, 6.45) is 1.02. The highest BCUT2D eigenvalue weighted by molar-refractivity contribution is 5.85. The fourth-order valence-electron chi connectivity index (χ4n) is 2.46. The van der Waals surface area contributed by atoms with Crippen molar-refractivity contribution in [3.05, 3.63) is 0 Å². The molecule has 1 heterocycles. The van der Waals surface area contributed by atoms with Gasteiger partial charge < -0.3 is 10.6 Å². The zero-order valence-corrected chi connectivity index (χ0v) is 13.6. The van der Waals surface area contributed by atoms with Crippen molar-refractivity contribution in [3.8, 4) is 0 Å². The number of nitrogens with two attached hydrogens (primary N) is 1. The molecule has 0 aromatic rings. The van der Waals surface area contributed by atoms with Gasteiger partial charge in [-0.15, -0.1) is 12.4 Å². The summed E-state index contributed by atoms with van der Waals surface area (Å²) < 4.78 is 0. The standard InChI is InChI=1S/C14H29N3O.ClH/c1-11(2)7-17(8-12(3)4)14(18)10-16-6-5-13(15)9-16;/h11-13H,5-10,15H2,1-4H3;1H/t13-;/m1./s1. The Hall–Kier alpha value is -0.320. The summed E-state index contributed by atoms with van der Waals surface area (Å²) in [7, 11) is 0. The van der Waals surface area contributed by atoms with E-state index in [0.29, 0.717) is 18.4 Å². The summed E-state index contributed by atoms with van der Waals surface area (Å²) in [4.78, 5) is 16.5. The summed E-state index contributed by atoms with van der Waals surface area (Å²) in [5.41, 5.74) is 5.87. The predicted octanol–water partition coefficient (Wildman–Crippen LogP) is 1.58. The molecule has 1 saturated heterocycles. The van der Waals surface area contributed by atoms with Crippen molar-refractivity contribution in [2.45, 2.75) is 40.2 Å². The van der Waals surface area contributed by atoms with Gasteiger partial charge >= 0.3 is 0 Å². The Balaban J connectivity index is 0.00000324. The number of likely N-dealkylation sites (tertiary alicyclic amines) is 1. The largest absolute Gasteiger partial charge is 0.341 e. The molecule has 1 aliphatic heterocycles. The van der Waals surface area contributed by atoms with Crippen LogP contribution in [0.1, 0.15) is 34.1 Å². The lowest BCUT2D eigenvalue weighted by molar-refractivity contribution is -0.133. The van der Waals surface area contributed by atoms with E-state index in [1.54, 1.807) is 0 Å². The van der Waals surface area contributed by atoms with E-state index in [1.807, 2.05) is 4.90 Å². The molecule has 0 saturated carbocycles. The molecule has 0 unspecified atom stereocenters. The maximum atomic E-state index is 12.3. The summed E-state index contributed by atoms with van der Waals surface area (Å²) >= 11 is 0. The van der Waals surface area contributed by atoms with E-state index in [1.165, 1.54) is 0 Å². The van der Waals surface area contributed by atoms with E-state index < -0.39 is 0 Å². The second kappa shape index (κ2) is 8.77. The molecule has 0 radical (unpaired) electrons. The van der Waals surface area contributed by atoms with Crippen LogP contribution in [0.2, 0.25) is 0 Å². The van der Waals surface area contributed by atoms with Gasteiger partial charge in [-0.3, -0.25) is 9.69 Å². The van der Waals surface area contributed by atoms with Gasteiger partial charge in [0.2, 0.25) is 5.91 Å². The lowest BCUT2D eigenvalue weighted by Gasteiger charge is -2.28. The number of halogens is 1. The Kier molecular flexibility index (Phi) is 8.62. The molecule has 1 rings (SSSR count). The van der Waals surface area contributed by atoms with Gasteiger partial charge in [-0.25, -0.2) is 0 Å². The molecule has 0 aromatic carbocycles. The van der Waals surface area contributed by atoms with Gasteiger partial charge in [0.25, 0.3) is 0 Å². The second-order valence-corrected chi connectivity index (χ2v) is 6.37. The SMILES string of the molecule is CC(C)CN(CC(C)C)C(=O)CN1CC[C@@H](N)C1.Cl. The molecule has 5 heteroatoms. The first-order chi connectivity index (χ1) is 8.38. The maximum Gasteiger partial charge on any atom is 0.236 e. The van der Waals surface area contributed by atoms with Crippen molar-refractivity contribution in [3.63, 3.8) is 0 Å². The van der Waals surface area contributed by atoms with Gasteiger partial charge in [-0.2, -0.15) is 0 Å². The molecule has 114 valence electrons. The van der Waals surface area contributed by atoms with Crippen LogP contribution in [0.5, 0.6) is 0 Å². The fourth-order valence-corrected chi connectivity index (χ4v) is 2.46. The van der Waals surface area contributed by atoms with E-state index in [4.69, 9.17) is 5.73 Å². The second-order valence-electron chi connectivity index (χ2n) is 6.37. The predicted molar refractivity (Wildman–Crippen MR) is 82.5 cm³/mol. The third-order valence-electron chi connectivity index (χ3n) is 3.19. The van der Waals surface area contributed by atoms with E-state index in [2.05, 4.69) is 32.6 Å². The van der Waals surface area contributed by atoms with Crippen LogP contribution >= 0.6 is 12.4 Å². The zero-order valence-electron chi connectivity index (χ0n) is 12.8. The fraction of sp³-hybridized carbons (Fsp3) is 0.929. The molecular formula is C14H30ClN3O. The smallest absolute Gasteiger partial charge is 0.236 e. The quantitative estimate of drug-likeness (QED) is 0.808. The molecule has 1 amide bonds. The molecule has 2 N–H and O–H groups in total. The lowest BCUT2D eigenvalue weighted by atomic mass is 10.1. The van der Waals surface area contributed by atoms with Crippen molar-refractivity contribution in [2.75, 3.05) is 32.7 Å². The third kappa shape index (κ3) is 7.14. The normalized spacial score (nSPS) is 19.8. The molecule has 1 aliphatic rings. The van der Waals surface area contributed by atoms with E-state index >= 15 is 0 Å². The van der Waals surface area contributed by atoms with Crippen LogP contribution in [0.3, 0.4) is 0 Å². The van der Waals surface area contributed by atoms with E-state index in [-0.39, 0.29) is 24.4 Å². The molecular weight excluding hydrogens is 262 g/mol. The average molecular weight is 292 g/mol. The van der Waals surface area contributed by atoms with Crippen LogP contribution in [-0.2, 0) is 4.79 Å². The molecule has 0 aliphatic carbocycles. The van der Waals surface area contributed by atoms with Crippen LogP contribution < -0.4 is 5.73 Å². The van der Waals surface area contributed by atoms with Crippen molar-refractivity contribution in [1.29, 1.82) is 0 Å². The Morgan fingerprint density at radius 2 is 1.79 bits per heavy atom. The van der Waals surface area contributed by atoms with E-state index in [9.17, 15) is 4.79 Å². The first-order valence-corrected chi connectivity index (χ1v) is 7.14. The minimum absolute atomic E-state index is 0. The summed E-state index contributed by atoms with van der Waals surface area (Å²) in [5, 5.41) is 0. The molecule has 19 heavy (non-hydrogen) atoms. The first-order valence-electron chi connectivity index (χ1n) is 7.14. The summed E-state index contributed by atoms with van der Waals surface area (Å²) in [6, 6.07) is 0.251. The Labute approximate surface area is 124 Å². The molecule has 0 bridgehead atoms. The average Bonchev–Trinajstić information content (AvgIpc) is 2.61. The van der Waals surface area contributed by atoms with E-state index in [0.717, 1.165) is 32.6 Å². The third-order valence-corrected chi connectivity index (χ3v) is 3.19. The number of hydrogen-bond acceptors (Lipinski definition) is 3. The van der Waals surface area contributed by atoms with Crippen molar-refractivity contribution in [1.82, 2.24) is 9.80 Å². The number of nitrogens with zero attached hydrogens (tertiary/aromatic N) is 2. The van der Waals surface area contributed by atoms with Gasteiger partial charge in [-0.05, 0) is 18.3 Å². The van der Waals surface area contributed by atoms with Crippen LogP contribution in [0.25, 0.3) is 0 Å². The monoisotopic (exact) mass is 291 g/mol. The summed E-state index contributed by atoms with van der Waals surface area (Å²) in [6.45, 7) is 12.7. The highest BCUT2D eigenvalue weighted by atomic mass is 35.5. The Morgan fingerprint density at radius 3 is 2.16 bits per heavy atom. The van der Waals surface area contributed by atoms with Crippen LogP contribution in [0, 0.1) is 11.8 Å². The molecule has 4 nitrogen and oxygen atoms in total. The molecule has 1 fully saturated rings. The number of rotatable bonds is 6.